The monoisotopic (exact) mass is 402 g/mol. The Hall–Kier alpha value is -0.330. The molecular weight excluding hydrogens is 352 g/mol. The topological polar surface area (TPSA) is 17.1 Å². The molecule has 0 aromatic rings. The first kappa shape index (κ1) is 23.3. The predicted octanol–water partition coefficient (Wildman–Crippen LogP) is 8.89. The maximum atomic E-state index is 11.7. The van der Waals surface area contributed by atoms with E-state index in [0.29, 0.717) is 5.78 Å². The molecule has 3 atom stereocenters. The summed E-state index contributed by atoms with van der Waals surface area (Å²) in [5, 5.41) is 0. The van der Waals surface area contributed by atoms with Crippen molar-refractivity contribution >= 4 is 5.78 Å². The minimum absolute atomic E-state index is 0.549. The third kappa shape index (κ3) is 8.37. The molecule has 0 saturated heterocycles. The summed E-state index contributed by atoms with van der Waals surface area (Å²) in [4.78, 5) is 11.7. The lowest BCUT2D eigenvalue weighted by atomic mass is 9.66. The van der Waals surface area contributed by atoms with E-state index >= 15 is 0 Å². The molecule has 0 bridgehead atoms. The van der Waals surface area contributed by atoms with Gasteiger partial charge in [0.1, 0.15) is 5.78 Å². The Balaban J connectivity index is 1.19. The molecular formula is C28H50O. The molecule has 0 aromatic carbocycles. The van der Waals surface area contributed by atoms with Crippen LogP contribution < -0.4 is 0 Å². The average molecular weight is 403 g/mol. The summed E-state index contributed by atoms with van der Waals surface area (Å²) in [6.45, 7) is 2.31. The van der Waals surface area contributed by atoms with Crippen LogP contribution in [0.2, 0.25) is 0 Å². The number of rotatable bonds is 12. The molecule has 3 aliphatic rings. The smallest absolute Gasteiger partial charge is 0.133 e. The molecule has 0 aromatic heterocycles. The fourth-order valence-electron chi connectivity index (χ4n) is 6.90. The fraction of sp³-hybridized carbons (Fsp3) is 0.964. The maximum Gasteiger partial charge on any atom is 0.133 e. The fourth-order valence-corrected chi connectivity index (χ4v) is 6.90. The summed E-state index contributed by atoms with van der Waals surface area (Å²) >= 11 is 0. The van der Waals surface area contributed by atoms with E-state index in [1.807, 2.05) is 0 Å². The van der Waals surface area contributed by atoms with Gasteiger partial charge >= 0.3 is 0 Å². The molecule has 0 amide bonds. The number of hydrogen-bond acceptors (Lipinski definition) is 1. The minimum Gasteiger partial charge on any atom is -0.300 e. The van der Waals surface area contributed by atoms with Gasteiger partial charge in [0.2, 0.25) is 0 Å². The quantitative estimate of drug-likeness (QED) is 0.298. The summed E-state index contributed by atoms with van der Waals surface area (Å²) in [7, 11) is 0. The highest BCUT2D eigenvalue weighted by Crippen LogP contribution is 2.44. The second kappa shape index (κ2) is 13.2. The second-order valence-electron chi connectivity index (χ2n) is 11.2. The van der Waals surface area contributed by atoms with Crippen molar-refractivity contribution in [3.05, 3.63) is 0 Å². The average Bonchev–Trinajstić information content (AvgIpc) is 2.75. The Morgan fingerprint density at radius 2 is 1.21 bits per heavy atom. The molecule has 29 heavy (non-hydrogen) atoms. The molecule has 3 aliphatic carbocycles. The van der Waals surface area contributed by atoms with Crippen molar-refractivity contribution < 1.29 is 4.79 Å². The third-order valence-corrected chi connectivity index (χ3v) is 8.95. The van der Waals surface area contributed by atoms with Crippen LogP contribution >= 0.6 is 0 Å². The molecule has 1 nitrogen and oxygen atoms in total. The van der Waals surface area contributed by atoms with Gasteiger partial charge in [0.15, 0.2) is 0 Å². The van der Waals surface area contributed by atoms with Crippen LogP contribution in [0.15, 0.2) is 0 Å². The second-order valence-corrected chi connectivity index (χ2v) is 11.2. The first-order valence-corrected chi connectivity index (χ1v) is 13.8. The molecule has 3 rings (SSSR count). The van der Waals surface area contributed by atoms with Gasteiger partial charge < -0.3 is 0 Å². The van der Waals surface area contributed by atoms with E-state index < -0.39 is 0 Å². The van der Waals surface area contributed by atoms with Gasteiger partial charge in [-0.15, -0.1) is 0 Å². The third-order valence-electron chi connectivity index (χ3n) is 8.95. The van der Waals surface area contributed by atoms with E-state index in [1.165, 1.54) is 122 Å². The van der Waals surface area contributed by atoms with E-state index in [-0.39, 0.29) is 0 Å². The van der Waals surface area contributed by atoms with Gasteiger partial charge in [0, 0.05) is 12.8 Å². The minimum atomic E-state index is 0.549. The van der Waals surface area contributed by atoms with Crippen molar-refractivity contribution in [3.8, 4) is 0 Å². The van der Waals surface area contributed by atoms with Crippen LogP contribution in [0.4, 0.5) is 0 Å². The van der Waals surface area contributed by atoms with Crippen LogP contribution in [0.25, 0.3) is 0 Å². The SMILES string of the molecule is CCCCCCCCCCC1CCC(CCC2CCC3CC(=O)CCC3C2)CC1. The highest BCUT2D eigenvalue weighted by atomic mass is 16.1. The molecule has 1 heteroatoms. The van der Waals surface area contributed by atoms with Gasteiger partial charge in [-0.2, -0.15) is 0 Å². The summed E-state index contributed by atoms with van der Waals surface area (Å²) in [6.07, 6.45) is 29.5. The highest BCUT2D eigenvalue weighted by molar-refractivity contribution is 5.79. The summed E-state index contributed by atoms with van der Waals surface area (Å²) < 4.78 is 0. The molecule has 3 saturated carbocycles. The van der Waals surface area contributed by atoms with Gasteiger partial charge in [-0.05, 0) is 48.9 Å². The molecule has 168 valence electrons. The zero-order chi connectivity index (χ0) is 20.3. The van der Waals surface area contributed by atoms with Crippen LogP contribution in [-0.2, 0) is 4.79 Å². The van der Waals surface area contributed by atoms with Crippen molar-refractivity contribution in [3.63, 3.8) is 0 Å². The first-order valence-electron chi connectivity index (χ1n) is 13.8. The number of unbranched alkanes of at least 4 members (excludes halogenated alkanes) is 7. The van der Waals surface area contributed by atoms with Gasteiger partial charge in [-0.1, -0.05) is 110 Å². The van der Waals surface area contributed by atoms with Crippen LogP contribution in [0, 0.1) is 29.6 Å². The van der Waals surface area contributed by atoms with Gasteiger partial charge in [0.25, 0.3) is 0 Å². The maximum absolute atomic E-state index is 11.7. The van der Waals surface area contributed by atoms with Crippen LogP contribution in [0.3, 0.4) is 0 Å². The lowest BCUT2D eigenvalue weighted by Crippen LogP contribution is -2.31. The van der Waals surface area contributed by atoms with Crippen LogP contribution in [0.5, 0.6) is 0 Å². The van der Waals surface area contributed by atoms with E-state index in [0.717, 1.165) is 42.4 Å². The molecule has 0 heterocycles. The first-order chi connectivity index (χ1) is 14.2. The van der Waals surface area contributed by atoms with Crippen molar-refractivity contribution in [1.29, 1.82) is 0 Å². The Kier molecular flexibility index (Phi) is 10.6. The van der Waals surface area contributed by atoms with Crippen molar-refractivity contribution in [2.45, 2.75) is 142 Å². The summed E-state index contributed by atoms with van der Waals surface area (Å²) in [6, 6.07) is 0. The van der Waals surface area contributed by atoms with Crippen molar-refractivity contribution in [1.82, 2.24) is 0 Å². The lowest BCUT2D eigenvalue weighted by molar-refractivity contribution is -0.123. The predicted molar refractivity (Wildman–Crippen MR) is 125 cm³/mol. The summed E-state index contributed by atoms with van der Waals surface area (Å²) in [5.41, 5.74) is 0. The van der Waals surface area contributed by atoms with Gasteiger partial charge in [0.05, 0.1) is 0 Å². The van der Waals surface area contributed by atoms with Gasteiger partial charge in [-0.3, -0.25) is 4.79 Å². The molecule has 0 aliphatic heterocycles. The van der Waals surface area contributed by atoms with Crippen molar-refractivity contribution in [2.24, 2.45) is 29.6 Å². The number of Topliss-reactive ketones (excluding diaryl/α,β-unsaturated/α-hetero) is 1. The number of hydrogen-bond donors (Lipinski definition) is 0. The van der Waals surface area contributed by atoms with Crippen LogP contribution in [-0.4, -0.2) is 5.78 Å². The Morgan fingerprint density at radius 3 is 1.93 bits per heavy atom. The number of ketones is 1. The van der Waals surface area contributed by atoms with E-state index in [1.54, 1.807) is 0 Å². The Labute approximate surface area is 182 Å². The van der Waals surface area contributed by atoms with E-state index in [4.69, 9.17) is 0 Å². The number of carbonyl (C=O) groups is 1. The van der Waals surface area contributed by atoms with E-state index in [9.17, 15) is 4.79 Å². The molecule has 0 spiro atoms. The van der Waals surface area contributed by atoms with E-state index in [2.05, 4.69) is 6.92 Å². The zero-order valence-electron chi connectivity index (χ0n) is 19.6. The normalized spacial score (nSPS) is 32.9. The Bertz CT molecular complexity index is 447. The number of carbonyl (C=O) groups excluding carboxylic acids is 1. The molecule has 3 unspecified atom stereocenters. The van der Waals surface area contributed by atoms with Gasteiger partial charge in [-0.25, -0.2) is 0 Å². The lowest BCUT2D eigenvalue weighted by Gasteiger charge is -2.39. The largest absolute Gasteiger partial charge is 0.300 e. The summed E-state index contributed by atoms with van der Waals surface area (Å²) in [5.74, 6) is 5.29. The molecule has 0 N–H and O–H groups in total. The molecule has 0 radical (unpaired) electrons. The Morgan fingerprint density at radius 1 is 0.621 bits per heavy atom. The van der Waals surface area contributed by atoms with Crippen molar-refractivity contribution in [2.75, 3.05) is 0 Å². The number of fused-ring (bicyclic) bond motifs is 1. The molecule has 3 fully saturated rings. The standard InChI is InChI=1S/C28H50O/c1-2-3-4-5-6-7-8-9-10-23-11-13-24(14-12-23)15-16-25-17-18-27-22-28(29)20-19-26(27)21-25/h23-27H,2-22H2,1H3. The zero-order valence-corrected chi connectivity index (χ0v) is 19.6. The highest BCUT2D eigenvalue weighted by Gasteiger charge is 2.35. The van der Waals surface area contributed by atoms with Crippen LogP contribution in [0.1, 0.15) is 142 Å².